The van der Waals surface area contributed by atoms with Gasteiger partial charge in [0.05, 0.1) is 14.2 Å². The molecular weight excluding hydrogens is 257 g/mol. The molecule has 0 saturated heterocycles. The van der Waals surface area contributed by atoms with E-state index >= 15 is 0 Å². The van der Waals surface area contributed by atoms with Gasteiger partial charge in [-0.15, -0.1) is 0 Å². The van der Waals surface area contributed by atoms with Crippen molar-refractivity contribution in [2.45, 2.75) is 13.5 Å². The van der Waals surface area contributed by atoms with Gasteiger partial charge in [-0.2, -0.15) is 0 Å². The molecule has 1 N–H and O–H groups in total. The lowest BCUT2D eigenvalue weighted by atomic mass is 10.1. The van der Waals surface area contributed by atoms with E-state index in [1.807, 2.05) is 25.1 Å². The van der Waals surface area contributed by atoms with Crippen molar-refractivity contribution < 1.29 is 13.9 Å². The number of ether oxygens (including phenoxy) is 2. The highest BCUT2D eigenvalue weighted by Gasteiger charge is 2.08. The van der Waals surface area contributed by atoms with Crippen molar-refractivity contribution in [3.05, 3.63) is 53.3 Å². The third kappa shape index (κ3) is 3.20. The number of hydrogen-bond donors (Lipinski definition) is 1. The molecule has 2 rings (SSSR count). The Bertz CT molecular complexity index is 599. The van der Waals surface area contributed by atoms with Crippen LogP contribution in [0, 0.1) is 12.7 Å². The summed E-state index contributed by atoms with van der Waals surface area (Å²) >= 11 is 0. The number of halogens is 1. The van der Waals surface area contributed by atoms with Gasteiger partial charge in [-0.25, -0.2) is 4.39 Å². The zero-order valence-electron chi connectivity index (χ0n) is 11.9. The van der Waals surface area contributed by atoms with Gasteiger partial charge < -0.3 is 14.8 Å². The van der Waals surface area contributed by atoms with Crippen molar-refractivity contribution in [3.8, 4) is 11.5 Å². The second-order valence-corrected chi connectivity index (χ2v) is 4.51. The van der Waals surface area contributed by atoms with E-state index in [0.717, 1.165) is 16.8 Å². The largest absolute Gasteiger partial charge is 0.493 e. The molecule has 0 spiro atoms. The van der Waals surface area contributed by atoms with Crippen LogP contribution in [0.1, 0.15) is 11.1 Å². The first-order valence-corrected chi connectivity index (χ1v) is 6.35. The maximum atomic E-state index is 13.1. The summed E-state index contributed by atoms with van der Waals surface area (Å²) in [4.78, 5) is 0. The number of nitrogens with one attached hydrogen (secondary N) is 1. The van der Waals surface area contributed by atoms with Crippen LogP contribution in [0.15, 0.2) is 36.4 Å². The van der Waals surface area contributed by atoms with Crippen LogP contribution in [0.5, 0.6) is 11.5 Å². The first kappa shape index (κ1) is 14.2. The molecule has 0 bridgehead atoms. The minimum absolute atomic E-state index is 0.228. The second kappa shape index (κ2) is 6.28. The zero-order chi connectivity index (χ0) is 14.5. The first-order chi connectivity index (χ1) is 9.63. The number of methoxy groups -OCH3 is 2. The molecular formula is C16H18FNO2. The molecule has 4 heteroatoms. The molecule has 0 amide bonds. The van der Waals surface area contributed by atoms with Gasteiger partial charge >= 0.3 is 0 Å². The van der Waals surface area contributed by atoms with Gasteiger partial charge in [0.25, 0.3) is 0 Å². The fourth-order valence-electron chi connectivity index (χ4n) is 2.02. The third-order valence-corrected chi connectivity index (χ3v) is 3.10. The molecule has 0 saturated carbocycles. The molecule has 2 aromatic rings. The van der Waals surface area contributed by atoms with E-state index in [2.05, 4.69) is 5.32 Å². The molecule has 0 unspecified atom stereocenters. The summed E-state index contributed by atoms with van der Waals surface area (Å²) in [5.41, 5.74) is 2.87. The van der Waals surface area contributed by atoms with Crippen molar-refractivity contribution >= 4 is 5.69 Å². The van der Waals surface area contributed by atoms with Gasteiger partial charge in [0.15, 0.2) is 11.5 Å². The summed E-state index contributed by atoms with van der Waals surface area (Å²) < 4.78 is 23.7. The second-order valence-electron chi connectivity index (χ2n) is 4.51. The minimum Gasteiger partial charge on any atom is -0.493 e. The Hall–Kier alpha value is -2.23. The summed E-state index contributed by atoms with van der Waals surface area (Å²) in [5.74, 6) is 1.13. The Labute approximate surface area is 118 Å². The van der Waals surface area contributed by atoms with Gasteiger partial charge in [-0.1, -0.05) is 12.1 Å². The normalized spacial score (nSPS) is 10.2. The molecule has 0 radical (unpaired) electrons. The van der Waals surface area contributed by atoms with Crippen LogP contribution >= 0.6 is 0 Å². The highest BCUT2D eigenvalue weighted by Crippen LogP contribution is 2.33. The smallest absolute Gasteiger partial charge is 0.162 e. The van der Waals surface area contributed by atoms with Crippen LogP contribution < -0.4 is 14.8 Å². The fourth-order valence-corrected chi connectivity index (χ4v) is 2.02. The maximum Gasteiger partial charge on any atom is 0.162 e. The molecule has 106 valence electrons. The highest BCUT2D eigenvalue weighted by atomic mass is 19.1. The SMILES string of the molecule is COc1cc(C)c(NCc2cccc(F)c2)cc1OC. The Kier molecular flexibility index (Phi) is 4.45. The van der Waals surface area contributed by atoms with E-state index in [1.54, 1.807) is 20.3 Å². The van der Waals surface area contributed by atoms with Crippen molar-refractivity contribution in [3.63, 3.8) is 0 Å². The molecule has 0 aliphatic rings. The molecule has 0 aliphatic heterocycles. The van der Waals surface area contributed by atoms with E-state index in [4.69, 9.17) is 9.47 Å². The predicted molar refractivity (Wildman–Crippen MR) is 78.0 cm³/mol. The maximum absolute atomic E-state index is 13.1. The van der Waals surface area contributed by atoms with Crippen LogP contribution in [0.3, 0.4) is 0 Å². The lowest BCUT2D eigenvalue weighted by molar-refractivity contribution is 0.355. The summed E-state index contributed by atoms with van der Waals surface area (Å²) in [6, 6.07) is 10.3. The number of aryl methyl sites for hydroxylation is 1. The molecule has 0 fully saturated rings. The van der Waals surface area contributed by atoms with Gasteiger partial charge in [0.2, 0.25) is 0 Å². The number of anilines is 1. The Morgan fingerprint density at radius 1 is 1.05 bits per heavy atom. The minimum atomic E-state index is -0.228. The number of benzene rings is 2. The van der Waals surface area contributed by atoms with Crippen molar-refractivity contribution in [2.75, 3.05) is 19.5 Å². The Morgan fingerprint density at radius 3 is 2.40 bits per heavy atom. The number of rotatable bonds is 5. The molecule has 0 aliphatic carbocycles. The van der Waals surface area contributed by atoms with E-state index in [9.17, 15) is 4.39 Å². The molecule has 2 aromatic carbocycles. The van der Waals surface area contributed by atoms with Crippen molar-refractivity contribution in [1.82, 2.24) is 0 Å². The van der Waals surface area contributed by atoms with Crippen LogP contribution in [-0.2, 0) is 6.54 Å². The summed E-state index contributed by atoms with van der Waals surface area (Å²) in [6.45, 7) is 2.53. The van der Waals surface area contributed by atoms with Gasteiger partial charge in [-0.3, -0.25) is 0 Å². The van der Waals surface area contributed by atoms with E-state index in [1.165, 1.54) is 12.1 Å². The lowest BCUT2D eigenvalue weighted by Crippen LogP contribution is -2.02. The monoisotopic (exact) mass is 275 g/mol. The third-order valence-electron chi connectivity index (χ3n) is 3.10. The lowest BCUT2D eigenvalue weighted by Gasteiger charge is -2.14. The van der Waals surface area contributed by atoms with E-state index < -0.39 is 0 Å². The zero-order valence-corrected chi connectivity index (χ0v) is 11.9. The molecule has 20 heavy (non-hydrogen) atoms. The summed E-state index contributed by atoms with van der Waals surface area (Å²) in [7, 11) is 3.21. The van der Waals surface area contributed by atoms with Crippen LogP contribution in [0.4, 0.5) is 10.1 Å². The first-order valence-electron chi connectivity index (χ1n) is 6.35. The predicted octanol–water partition coefficient (Wildman–Crippen LogP) is 3.76. The Morgan fingerprint density at radius 2 is 1.75 bits per heavy atom. The van der Waals surface area contributed by atoms with E-state index in [-0.39, 0.29) is 5.82 Å². The van der Waals surface area contributed by atoms with Gasteiger partial charge in [0, 0.05) is 18.3 Å². The molecule has 0 heterocycles. The molecule has 3 nitrogen and oxygen atoms in total. The van der Waals surface area contributed by atoms with Gasteiger partial charge in [-0.05, 0) is 36.2 Å². The fraction of sp³-hybridized carbons (Fsp3) is 0.250. The summed E-state index contributed by atoms with van der Waals surface area (Å²) in [5, 5.41) is 3.28. The molecule has 0 atom stereocenters. The van der Waals surface area contributed by atoms with Crippen molar-refractivity contribution in [2.24, 2.45) is 0 Å². The quantitative estimate of drug-likeness (QED) is 0.901. The van der Waals surface area contributed by atoms with Crippen LogP contribution in [0.25, 0.3) is 0 Å². The average Bonchev–Trinajstić information content (AvgIpc) is 2.45. The van der Waals surface area contributed by atoms with Crippen LogP contribution in [-0.4, -0.2) is 14.2 Å². The standard InChI is InChI=1S/C16H18FNO2/c1-11-7-15(19-2)16(20-3)9-14(11)18-10-12-5-4-6-13(17)8-12/h4-9,18H,10H2,1-3H3. The summed E-state index contributed by atoms with van der Waals surface area (Å²) in [6.07, 6.45) is 0. The highest BCUT2D eigenvalue weighted by molar-refractivity contribution is 5.60. The van der Waals surface area contributed by atoms with Gasteiger partial charge in [0.1, 0.15) is 5.82 Å². The number of hydrogen-bond acceptors (Lipinski definition) is 3. The van der Waals surface area contributed by atoms with E-state index in [0.29, 0.717) is 18.0 Å². The average molecular weight is 275 g/mol. The Balaban J connectivity index is 2.17. The van der Waals surface area contributed by atoms with Crippen molar-refractivity contribution in [1.29, 1.82) is 0 Å². The van der Waals surface area contributed by atoms with Crippen LogP contribution in [0.2, 0.25) is 0 Å². The topological polar surface area (TPSA) is 30.5 Å². The molecule has 0 aromatic heterocycles.